The first kappa shape index (κ1) is 23.4. The summed E-state index contributed by atoms with van der Waals surface area (Å²) in [7, 11) is -1.14. The summed E-state index contributed by atoms with van der Waals surface area (Å²) in [6.45, 7) is 5.68. The van der Waals surface area contributed by atoms with E-state index in [1.807, 2.05) is 32.9 Å². The number of hydrogen-bond acceptors (Lipinski definition) is 6. The van der Waals surface area contributed by atoms with Gasteiger partial charge in [0.05, 0.1) is 35.1 Å². The molecule has 0 atom stereocenters. The fraction of sp³-hybridized carbons (Fsp3) is 0.185. The summed E-state index contributed by atoms with van der Waals surface area (Å²) in [5.74, 6) is 0.328. The Labute approximate surface area is 199 Å². The van der Waals surface area contributed by atoms with E-state index in [1.54, 1.807) is 42.5 Å². The molecule has 7 heteroatoms. The van der Waals surface area contributed by atoms with Crippen LogP contribution >= 0.6 is 0 Å². The number of methoxy groups -OCH3 is 2. The van der Waals surface area contributed by atoms with Gasteiger partial charge in [-0.3, -0.25) is 9.78 Å². The summed E-state index contributed by atoms with van der Waals surface area (Å²) in [5, 5.41) is 0.286. The van der Waals surface area contributed by atoms with Crippen LogP contribution in [0.5, 0.6) is 11.5 Å². The van der Waals surface area contributed by atoms with Crippen molar-refractivity contribution in [2.24, 2.45) is 0 Å². The Balaban J connectivity index is 2.08. The topological polar surface area (TPSA) is 82.6 Å². The van der Waals surface area contributed by atoms with Gasteiger partial charge in [-0.25, -0.2) is 8.42 Å². The Morgan fingerprint density at radius 2 is 1.47 bits per heavy atom. The van der Waals surface area contributed by atoms with Crippen molar-refractivity contribution in [1.29, 1.82) is 0 Å². The number of ketones is 1. The number of benzene rings is 3. The van der Waals surface area contributed by atoms with Gasteiger partial charge in [-0.2, -0.15) is 0 Å². The molecule has 0 fully saturated rings. The minimum atomic E-state index is -4.10. The lowest BCUT2D eigenvalue weighted by Gasteiger charge is -2.16. The Kier molecular flexibility index (Phi) is 6.15. The van der Waals surface area contributed by atoms with Gasteiger partial charge < -0.3 is 9.47 Å². The number of fused-ring (bicyclic) bond motifs is 1. The van der Waals surface area contributed by atoms with Crippen LogP contribution in [0, 0.1) is 20.8 Å². The van der Waals surface area contributed by atoms with Crippen molar-refractivity contribution < 1.29 is 22.7 Å². The Bertz CT molecular complexity index is 1520. The smallest absolute Gasteiger partial charge is 0.208 e. The van der Waals surface area contributed by atoms with Gasteiger partial charge in [0, 0.05) is 23.2 Å². The first-order valence-corrected chi connectivity index (χ1v) is 12.1. The van der Waals surface area contributed by atoms with Gasteiger partial charge in [-0.05, 0) is 50.1 Å². The molecule has 0 spiro atoms. The van der Waals surface area contributed by atoms with E-state index in [0.29, 0.717) is 22.6 Å². The molecule has 0 unspecified atom stereocenters. The molecule has 0 saturated carbocycles. The van der Waals surface area contributed by atoms with Crippen LogP contribution in [0.15, 0.2) is 70.6 Å². The van der Waals surface area contributed by atoms with Gasteiger partial charge in [0.1, 0.15) is 0 Å². The third-order valence-corrected chi connectivity index (χ3v) is 7.79. The second-order valence-electron chi connectivity index (χ2n) is 8.17. The predicted octanol–water partition coefficient (Wildman–Crippen LogP) is 5.24. The van der Waals surface area contributed by atoms with E-state index in [1.165, 1.54) is 20.4 Å². The lowest BCUT2D eigenvalue weighted by atomic mass is 10.0. The average molecular weight is 476 g/mol. The molecule has 1 aromatic heterocycles. The van der Waals surface area contributed by atoms with Crippen LogP contribution in [0.3, 0.4) is 0 Å². The number of carbonyl (C=O) groups excluding carboxylic acids is 1. The molecular weight excluding hydrogens is 450 g/mol. The van der Waals surface area contributed by atoms with Crippen LogP contribution in [0.1, 0.15) is 32.6 Å². The molecule has 0 aliphatic rings. The monoisotopic (exact) mass is 475 g/mol. The van der Waals surface area contributed by atoms with Crippen LogP contribution in [0.2, 0.25) is 0 Å². The number of pyridine rings is 1. The molecule has 174 valence electrons. The molecule has 6 nitrogen and oxygen atoms in total. The molecule has 0 radical (unpaired) electrons. The maximum Gasteiger partial charge on any atom is 0.208 e. The minimum Gasteiger partial charge on any atom is -0.493 e. The Hall–Kier alpha value is -3.71. The lowest BCUT2D eigenvalue weighted by molar-refractivity contribution is 0.103. The number of aromatic nitrogens is 1. The predicted molar refractivity (Wildman–Crippen MR) is 131 cm³/mol. The summed E-state index contributed by atoms with van der Waals surface area (Å²) in [5.41, 5.74) is 3.56. The number of rotatable bonds is 6. The van der Waals surface area contributed by atoms with Crippen molar-refractivity contribution in [3.05, 3.63) is 88.6 Å². The molecule has 0 amide bonds. The largest absolute Gasteiger partial charge is 0.493 e. The van der Waals surface area contributed by atoms with E-state index in [2.05, 4.69) is 4.98 Å². The van der Waals surface area contributed by atoms with Crippen LogP contribution in [-0.2, 0) is 9.84 Å². The van der Waals surface area contributed by atoms with Crippen molar-refractivity contribution >= 4 is 26.5 Å². The number of aryl methyl sites for hydroxylation is 3. The van der Waals surface area contributed by atoms with Crippen LogP contribution in [-0.4, -0.2) is 33.4 Å². The quantitative estimate of drug-likeness (QED) is 0.355. The van der Waals surface area contributed by atoms with E-state index in [0.717, 1.165) is 16.7 Å². The first-order valence-electron chi connectivity index (χ1n) is 10.7. The molecule has 0 N–H and O–H groups in total. The van der Waals surface area contributed by atoms with Crippen molar-refractivity contribution in [2.45, 2.75) is 30.6 Å². The van der Waals surface area contributed by atoms with E-state index >= 15 is 0 Å². The van der Waals surface area contributed by atoms with Crippen molar-refractivity contribution in [3.8, 4) is 11.5 Å². The zero-order chi connectivity index (χ0) is 24.6. The highest BCUT2D eigenvalue weighted by Crippen LogP contribution is 2.38. The molecule has 0 aliphatic heterocycles. The summed E-state index contributed by atoms with van der Waals surface area (Å²) in [4.78, 5) is 17.9. The second-order valence-corrected chi connectivity index (χ2v) is 10.1. The zero-order valence-electron chi connectivity index (χ0n) is 19.7. The van der Waals surface area contributed by atoms with Crippen molar-refractivity contribution in [2.75, 3.05) is 14.2 Å². The molecule has 0 aliphatic carbocycles. The number of sulfone groups is 1. The van der Waals surface area contributed by atoms with Crippen LogP contribution in [0.25, 0.3) is 10.9 Å². The van der Waals surface area contributed by atoms with Gasteiger partial charge >= 0.3 is 0 Å². The standard InChI is InChI=1S/C27H25NO5S/c1-16-6-9-19(10-7-16)26(29)22-15-28-23-14-25(33-5)24(32-4)13-21(23)27(22)34(30,31)20-11-8-17(2)18(3)12-20/h6-15H,1-5H3. The Morgan fingerprint density at radius 3 is 2.09 bits per heavy atom. The third kappa shape index (κ3) is 4.03. The van der Waals surface area contributed by atoms with Crippen molar-refractivity contribution in [3.63, 3.8) is 0 Å². The lowest BCUT2D eigenvalue weighted by Crippen LogP contribution is -2.13. The number of ether oxygens (including phenoxy) is 2. The summed E-state index contributed by atoms with van der Waals surface area (Å²) >= 11 is 0. The molecule has 4 aromatic rings. The fourth-order valence-corrected chi connectivity index (χ4v) is 5.51. The van der Waals surface area contributed by atoms with Crippen molar-refractivity contribution in [1.82, 2.24) is 4.98 Å². The summed E-state index contributed by atoms with van der Waals surface area (Å²) in [6, 6.07) is 15.1. The second kappa shape index (κ2) is 8.91. The normalized spacial score (nSPS) is 11.4. The van der Waals surface area contributed by atoms with Crippen LogP contribution in [0.4, 0.5) is 0 Å². The number of hydrogen-bond donors (Lipinski definition) is 0. The van der Waals surface area contributed by atoms with Gasteiger partial charge in [0.25, 0.3) is 0 Å². The van der Waals surface area contributed by atoms with Gasteiger partial charge in [0.2, 0.25) is 9.84 Å². The SMILES string of the molecule is COc1cc2ncc(C(=O)c3ccc(C)cc3)c(S(=O)(=O)c3ccc(C)c(C)c3)c2cc1OC. The highest BCUT2D eigenvalue weighted by molar-refractivity contribution is 7.91. The fourth-order valence-electron chi connectivity index (χ4n) is 3.81. The third-order valence-electron chi connectivity index (χ3n) is 5.94. The molecule has 4 rings (SSSR count). The van der Waals surface area contributed by atoms with Gasteiger partial charge in [-0.1, -0.05) is 35.9 Å². The Morgan fingerprint density at radius 1 is 0.824 bits per heavy atom. The van der Waals surface area contributed by atoms with E-state index in [9.17, 15) is 13.2 Å². The highest BCUT2D eigenvalue weighted by Gasteiger charge is 2.29. The molecule has 3 aromatic carbocycles. The first-order chi connectivity index (χ1) is 16.2. The molecule has 0 bridgehead atoms. The van der Waals surface area contributed by atoms with E-state index in [4.69, 9.17) is 9.47 Å². The maximum absolute atomic E-state index is 14.0. The summed E-state index contributed by atoms with van der Waals surface area (Å²) < 4.78 is 38.8. The number of carbonyl (C=O) groups is 1. The molecule has 1 heterocycles. The van der Waals surface area contributed by atoms with Gasteiger partial charge in [0.15, 0.2) is 17.3 Å². The zero-order valence-corrected chi connectivity index (χ0v) is 20.5. The number of nitrogens with zero attached hydrogens (tertiary/aromatic N) is 1. The van der Waals surface area contributed by atoms with E-state index in [-0.39, 0.29) is 20.7 Å². The van der Waals surface area contributed by atoms with Crippen LogP contribution < -0.4 is 9.47 Å². The molecular formula is C27H25NO5S. The molecule has 0 saturated heterocycles. The average Bonchev–Trinajstić information content (AvgIpc) is 2.83. The minimum absolute atomic E-state index is 0.00167. The summed E-state index contributed by atoms with van der Waals surface area (Å²) in [6.07, 6.45) is 1.32. The van der Waals surface area contributed by atoms with Gasteiger partial charge in [-0.15, -0.1) is 0 Å². The van der Waals surface area contributed by atoms with E-state index < -0.39 is 15.6 Å². The highest BCUT2D eigenvalue weighted by atomic mass is 32.2. The molecule has 34 heavy (non-hydrogen) atoms. The maximum atomic E-state index is 14.0.